The smallest absolute Gasteiger partial charge is 0.418 e. The molecule has 11 heteroatoms. The van der Waals surface area contributed by atoms with Gasteiger partial charge in [-0.25, -0.2) is 9.78 Å². The number of carboxylic acid groups (broad SMARTS) is 1. The number of alkyl halides is 3. The SMILES string of the molecule is CNC(=O)c1csc2c(C(F)(F)F)cc(OC3CCN(C(=O)O)CC3C)nc12. The van der Waals surface area contributed by atoms with E-state index in [1.807, 2.05) is 0 Å². The predicted molar refractivity (Wildman–Crippen MR) is 95.8 cm³/mol. The highest BCUT2D eigenvalue weighted by Gasteiger charge is 2.36. The molecular weight excluding hydrogens is 399 g/mol. The van der Waals surface area contributed by atoms with E-state index in [9.17, 15) is 22.8 Å². The van der Waals surface area contributed by atoms with Crippen LogP contribution in [0.25, 0.3) is 10.2 Å². The molecule has 0 saturated carbocycles. The zero-order valence-corrected chi connectivity index (χ0v) is 15.9. The molecule has 152 valence electrons. The molecule has 0 bridgehead atoms. The van der Waals surface area contributed by atoms with Crippen LogP contribution in [-0.2, 0) is 6.18 Å². The van der Waals surface area contributed by atoms with Gasteiger partial charge in [-0.3, -0.25) is 4.79 Å². The van der Waals surface area contributed by atoms with E-state index in [0.717, 1.165) is 17.4 Å². The number of thiophene rings is 1. The van der Waals surface area contributed by atoms with Gasteiger partial charge in [0.25, 0.3) is 5.91 Å². The summed E-state index contributed by atoms with van der Waals surface area (Å²) in [6.45, 7) is 2.21. The number of halogens is 3. The number of aromatic nitrogens is 1. The lowest BCUT2D eigenvalue weighted by atomic mass is 9.97. The number of amides is 2. The van der Waals surface area contributed by atoms with E-state index in [1.165, 1.54) is 17.3 Å². The summed E-state index contributed by atoms with van der Waals surface area (Å²) in [6, 6.07) is 0.836. The Kier molecular flexibility index (Phi) is 5.37. The van der Waals surface area contributed by atoms with Crippen molar-refractivity contribution in [2.24, 2.45) is 5.92 Å². The normalized spacial score (nSPS) is 20.2. The standard InChI is InChI=1S/C17H18F3N3O4S/c1-8-6-23(16(25)26)4-3-11(8)27-12-5-10(17(18,19)20)14-13(22-12)9(7-28-14)15(24)21-2/h5,7-8,11H,3-4,6H2,1-2H3,(H,21,24)(H,25,26). The highest BCUT2D eigenvalue weighted by molar-refractivity contribution is 7.17. The molecule has 1 aliphatic heterocycles. The van der Waals surface area contributed by atoms with Gasteiger partial charge in [0.05, 0.1) is 21.3 Å². The second-order valence-electron chi connectivity index (χ2n) is 6.56. The largest absolute Gasteiger partial charge is 0.474 e. The zero-order chi connectivity index (χ0) is 20.6. The number of fused-ring (bicyclic) bond motifs is 1. The Labute approximate surface area is 162 Å². The molecule has 1 saturated heterocycles. The van der Waals surface area contributed by atoms with Crippen molar-refractivity contribution in [1.82, 2.24) is 15.2 Å². The summed E-state index contributed by atoms with van der Waals surface area (Å²) >= 11 is 0.799. The molecule has 0 spiro atoms. The lowest BCUT2D eigenvalue weighted by molar-refractivity contribution is -0.136. The minimum absolute atomic E-state index is 0.0483. The van der Waals surface area contributed by atoms with Crippen LogP contribution in [-0.4, -0.2) is 53.2 Å². The third kappa shape index (κ3) is 3.84. The van der Waals surface area contributed by atoms with Crippen molar-refractivity contribution >= 4 is 33.6 Å². The summed E-state index contributed by atoms with van der Waals surface area (Å²) < 4.78 is 46.2. The van der Waals surface area contributed by atoms with Crippen LogP contribution in [0, 0.1) is 5.92 Å². The number of ether oxygens (including phenoxy) is 1. The van der Waals surface area contributed by atoms with Crippen LogP contribution in [0.4, 0.5) is 18.0 Å². The predicted octanol–water partition coefficient (Wildman–Crippen LogP) is 3.44. The summed E-state index contributed by atoms with van der Waals surface area (Å²) in [5.41, 5.74) is -0.930. The third-order valence-electron chi connectivity index (χ3n) is 4.65. The van der Waals surface area contributed by atoms with Crippen LogP contribution >= 0.6 is 11.3 Å². The lowest BCUT2D eigenvalue weighted by Crippen LogP contribution is -2.46. The van der Waals surface area contributed by atoms with Crippen molar-refractivity contribution in [3.63, 3.8) is 0 Å². The maximum absolute atomic E-state index is 13.5. The monoisotopic (exact) mass is 417 g/mol. The van der Waals surface area contributed by atoms with Crippen LogP contribution in [0.1, 0.15) is 29.3 Å². The number of pyridine rings is 1. The number of hydrogen-bond acceptors (Lipinski definition) is 5. The average Bonchev–Trinajstić information content (AvgIpc) is 3.04. The summed E-state index contributed by atoms with van der Waals surface area (Å²) in [5.74, 6) is -0.992. The van der Waals surface area contributed by atoms with Crippen molar-refractivity contribution in [1.29, 1.82) is 0 Å². The van der Waals surface area contributed by atoms with E-state index in [2.05, 4.69) is 10.3 Å². The Morgan fingerprint density at radius 1 is 1.43 bits per heavy atom. The summed E-state index contributed by atoms with van der Waals surface area (Å²) in [4.78, 5) is 28.5. The summed E-state index contributed by atoms with van der Waals surface area (Å²) in [7, 11) is 1.38. The zero-order valence-electron chi connectivity index (χ0n) is 15.0. The molecule has 2 atom stereocenters. The number of rotatable bonds is 3. The van der Waals surface area contributed by atoms with Crippen LogP contribution in [0.3, 0.4) is 0 Å². The fraction of sp³-hybridized carbons (Fsp3) is 0.471. The van der Waals surface area contributed by atoms with Gasteiger partial charge in [0.1, 0.15) is 6.10 Å². The van der Waals surface area contributed by atoms with Gasteiger partial charge in [0.15, 0.2) is 0 Å². The molecule has 7 nitrogen and oxygen atoms in total. The molecule has 3 heterocycles. The van der Waals surface area contributed by atoms with Gasteiger partial charge in [-0.1, -0.05) is 6.92 Å². The molecule has 1 aliphatic rings. The average molecular weight is 417 g/mol. The first kappa shape index (κ1) is 20.2. The molecule has 0 aromatic carbocycles. The first-order chi connectivity index (χ1) is 13.1. The molecule has 2 unspecified atom stereocenters. The first-order valence-electron chi connectivity index (χ1n) is 8.47. The van der Waals surface area contributed by atoms with Gasteiger partial charge in [0, 0.05) is 43.9 Å². The van der Waals surface area contributed by atoms with Gasteiger partial charge < -0.3 is 20.1 Å². The number of likely N-dealkylation sites (tertiary alicyclic amines) is 1. The highest BCUT2D eigenvalue weighted by Crippen LogP contribution is 2.40. The number of carbonyl (C=O) groups excluding carboxylic acids is 1. The highest BCUT2D eigenvalue weighted by atomic mass is 32.1. The van der Waals surface area contributed by atoms with Gasteiger partial charge in [-0.05, 0) is 0 Å². The Hall–Kier alpha value is -2.56. The number of nitrogens with zero attached hydrogens (tertiary/aromatic N) is 2. The van der Waals surface area contributed by atoms with E-state index in [1.54, 1.807) is 6.92 Å². The Morgan fingerprint density at radius 2 is 2.14 bits per heavy atom. The van der Waals surface area contributed by atoms with E-state index < -0.39 is 29.8 Å². The molecular formula is C17H18F3N3O4S. The molecule has 1 fully saturated rings. The molecule has 0 radical (unpaired) electrons. The molecule has 28 heavy (non-hydrogen) atoms. The van der Waals surface area contributed by atoms with Crippen molar-refractivity contribution in [3.05, 3.63) is 22.6 Å². The Balaban J connectivity index is 1.97. The first-order valence-corrected chi connectivity index (χ1v) is 9.35. The van der Waals surface area contributed by atoms with E-state index in [4.69, 9.17) is 9.84 Å². The minimum Gasteiger partial charge on any atom is -0.474 e. The van der Waals surface area contributed by atoms with Crippen LogP contribution in [0.2, 0.25) is 0 Å². The molecule has 2 N–H and O–H groups in total. The van der Waals surface area contributed by atoms with E-state index in [-0.39, 0.29) is 40.7 Å². The maximum atomic E-state index is 13.5. The van der Waals surface area contributed by atoms with Crippen LogP contribution in [0.5, 0.6) is 5.88 Å². The number of hydrogen-bond donors (Lipinski definition) is 2. The topological polar surface area (TPSA) is 91.8 Å². The number of carbonyl (C=O) groups is 2. The molecule has 2 amide bonds. The van der Waals surface area contributed by atoms with Gasteiger partial charge in [-0.2, -0.15) is 13.2 Å². The summed E-state index contributed by atoms with van der Waals surface area (Å²) in [6.07, 6.45) is -5.83. The van der Waals surface area contributed by atoms with E-state index >= 15 is 0 Å². The van der Waals surface area contributed by atoms with Gasteiger partial charge >= 0.3 is 12.3 Å². The maximum Gasteiger partial charge on any atom is 0.418 e. The van der Waals surface area contributed by atoms with Crippen LogP contribution in [0.15, 0.2) is 11.4 Å². The van der Waals surface area contributed by atoms with E-state index in [0.29, 0.717) is 6.42 Å². The Morgan fingerprint density at radius 3 is 2.71 bits per heavy atom. The van der Waals surface area contributed by atoms with Gasteiger partial charge in [-0.15, -0.1) is 11.3 Å². The quantitative estimate of drug-likeness (QED) is 0.798. The second-order valence-corrected chi connectivity index (χ2v) is 7.44. The van der Waals surface area contributed by atoms with Crippen molar-refractivity contribution < 1.29 is 32.6 Å². The number of nitrogens with one attached hydrogen (secondary N) is 1. The van der Waals surface area contributed by atoms with Crippen molar-refractivity contribution in [2.75, 3.05) is 20.1 Å². The molecule has 2 aromatic heterocycles. The second kappa shape index (κ2) is 7.46. The van der Waals surface area contributed by atoms with Crippen LogP contribution < -0.4 is 10.1 Å². The molecule has 2 aromatic rings. The van der Waals surface area contributed by atoms with Crippen molar-refractivity contribution in [3.8, 4) is 5.88 Å². The molecule has 3 rings (SSSR count). The fourth-order valence-corrected chi connectivity index (χ4v) is 4.20. The minimum atomic E-state index is -4.64. The van der Waals surface area contributed by atoms with Gasteiger partial charge in [0.2, 0.25) is 5.88 Å². The summed E-state index contributed by atoms with van der Waals surface area (Å²) in [5, 5.41) is 12.8. The van der Waals surface area contributed by atoms with Crippen molar-refractivity contribution in [2.45, 2.75) is 25.6 Å². The third-order valence-corrected chi connectivity index (χ3v) is 5.65. The molecule has 0 aliphatic carbocycles. The number of piperidine rings is 1. The Bertz CT molecular complexity index is 915. The lowest BCUT2D eigenvalue weighted by Gasteiger charge is -2.35. The fourth-order valence-electron chi connectivity index (χ4n) is 3.18.